The summed E-state index contributed by atoms with van der Waals surface area (Å²) < 4.78 is 10.9. The largest absolute Gasteiger partial charge is 0.385 e. The second-order valence-electron chi connectivity index (χ2n) is 4.87. The summed E-state index contributed by atoms with van der Waals surface area (Å²) in [5, 5.41) is 3.41. The first-order valence-electron chi connectivity index (χ1n) is 7.37. The molecule has 5 nitrogen and oxygen atoms in total. The van der Waals surface area contributed by atoms with E-state index in [2.05, 4.69) is 21.5 Å². The number of nitrogens with one attached hydrogen (secondary N) is 1. The molecule has 0 aromatic carbocycles. The molecule has 0 unspecified atom stereocenters. The lowest BCUT2D eigenvalue weighted by atomic mass is 10.1. The molecule has 0 saturated carbocycles. The summed E-state index contributed by atoms with van der Waals surface area (Å²) in [6.07, 6.45) is 5.66. The van der Waals surface area contributed by atoms with Crippen LogP contribution in [0.15, 0.2) is 4.99 Å². The minimum absolute atomic E-state index is 0. The molecule has 1 aliphatic heterocycles. The Balaban J connectivity index is 0.00000400. The van der Waals surface area contributed by atoms with Crippen LogP contribution in [0.25, 0.3) is 0 Å². The smallest absolute Gasteiger partial charge is 0.193 e. The van der Waals surface area contributed by atoms with Crippen molar-refractivity contribution in [1.29, 1.82) is 0 Å². The number of hydrogen-bond acceptors (Lipinski definition) is 4. The van der Waals surface area contributed by atoms with Crippen LogP contribution >= 0.6 is 35.7 Å². The number of likely N-dealkylation sites (tertiary alicyclic amines) is 1. The van der Waals surface area contributed by atoms with Crippen molar-refractivity contribution in [1.82, 2.24) is 10.2 Å². The summed E-state index contributed by atoms with van der Waals surface area (Å²) in [4.78, 5) is 6.69. The van der Waals surface area contributed by atoms with E-state index in [0.29, 0.717) is 6.10 Å². The Morgan fingerprint density at radius 1 is 1.33 bits per heavy atom. The molecular formula is C14H30IN3O2S. The summed E-state index contributed by atoms with van der Waals surface area (Å²) in [6.45, 7) is 4.60. The second kappa shape index (κ2) is 13.9. The maximum atomic E-state index is 5.87. The maximum Gasteiger partial charge on any atom is 0.193 e. The summed E-state index contributed by atoms with van der Waals surface area (Å²) in [5.74, 6) is 2.13. The second-order valence-corrected chi connectivity index (χ2v) is 5.86. The third kappa shape index (κ3) is 9.10. The molecule has 0 bridgehead atoms. The van der Waals surface area contributed by atoms with Crippen molar-refractivity contribution >= 4 is 41.7 Å². The van der Waals surface area contributed by atoms with Crippen LogP contribution in [0.3, 0.4) is 0 Å². The Morgan fingerprint density at radius 3 is 2.62 bits per heavy atom. The lowest BCUT2D eigenvalue weighted by Gasteiger charge is -2.34. The Bertz CT molecular complexity index is 275. The summed E-state index contributed by atoms with van der Waals surface area (Å²) in [5.41, 5.74) is 0. The van der Waals surface area contributed by atoms with E-state index in [1.54, 1.807) is 7.11 Å². The number of aliphatic imine (C=N–C) groups is 1. The number of methoxy groups -OCH3 is 1. The van der Waals surface area contributed by atoms with Crippen LogP contribution < -0.4 is 5.32 Å². The molecule has 1 rings (SSSR count). The Labute approximate surface area is 150 Å². The lowest BCUT2D eigenvalue weighted by Crippen LogP contribution is -2.47. The van der Waals surface area contributed by atoms with Crippen LogP contribution in [0.1, 0.15) is 19.3 Å². The van der Waals surface area contributed by atoms with Crippen molar-refractivity contribution in [3.63, 3.8) is 0 Å². The van der Waals surface area contributed by atoms with Crippen molar-refractivity contribution in [3.05, 3.63) is 0 Å². The average molecular weight is 431 g/mol. The van der Waals surface area contributed by atoms with Gasteiger partial charge in [0.1, 0.15) is 0 Å². The van der Waals surface area contributed by atoms with Gasteiger partial charge in [0.2, 0.25) is 0 Å². The van der Waals surface area contributed by atoms with Gasteiger partial charge in [-0.25, -0.2) is 0 Å². The monoisotopic (exact) mass is 431 g/mol. The fourth-order valence-corrected chi connectivity index (χ4v) is 2.59. The van der Waals surface area contributed by atoms with Gasteiger partial charge in [-0.05, 0) is 25.5 Å². The highest BCUT2D eigenvalue weighted by atomic mass is 127. The first-order chi connectivity index (χ1) is 9.81. The molecule has 0 amide bonds. The zero-order valence-corrected chi connectivity index (χ0v) is 16.6. The van der Waals surface area contributed by atoms with Crippen molar-refractivity contribution in [2.45, 2.75) is 25.4 Å². The molecule has 1 N–H and O–H groups in total. The van der Waals surface area contributed by atoms with Crippen molar-refractivity contribution in [3.8, 4) is 0 Å². The van der Waals surface area contributed by atoms with E-state index in [1.165, 1.54) is 0 Å². The van der Waals surface area contributed by atoms with Crippen molar-refractivity contribution in [2.24, 2.45) is 4.99 Å². The summed E-state index contributed by atoms with van der Waals surface area (Å²) in [6, 6.07) is 0. The molecule has 0 aromatic rings. The zero-order chi connectivity index (χ0) is 14.6. The molecule has 1 aliphatic rings. The van der Waals surface area contributed by atoms with Gasteiger partial charge >= 0.3 is 0 Å². The fraction of sp³-hybridized carbons (Fsp3) is 0.929. The van der Waals surface area contributed by atoms with Gasteiger partial charge in [0, 0.05) is 52.8 Å². The van der Waals surface area contributed by atoms with E-state index < -0.39 is 0 Å². The molecule has 0 spiro atoms. The molecule has 0 radical (unpaired) electrons. The maximum absolute atomic E-state index is 5.87. The first-order valence-corrected chi connectivity index (χ1v) is 8.76. The quantitative estimate of drug-likeness (QED) is 0.276. The van der Waals surface area contributed by atoms with Crippen molar-refractivity contribution in [2.75, 3.05) is 59.0 Å². The summed E-state index contributed by atoms with van der Waals surface area (Å²) >= 11 is 1.85. The Hall–Kier alpha value is 0.270. The predicted octanol–water partition coefficient (Wildman–Crippen LogP) is 2.06. The Kier molecular flexibility index (Phi) is 14.1. The van der Waals surface area contributed by atoms with Gasteiger partial charge in [-0.1, -0.05) is 0 Å². The number of thioether (sulfide) groups is 1. The molecular weight excluding hydrogens is 401 g/mol. The van der Waals surface area contributed by atoms with Gasteiger partial charge in [-0.2, -0.15) is 11.8 Å². The number of piperidine rings is 1. The predicted molar refractivity (Wildman–Crippen MR) is 102 cm³/mol. The van der Waals surface area contributed by atoms with Crippen LogP contribution in [-0.4, -0.2) is 76.0 Å². The van der Waals surface area contributed by atoms with E-state index in [0.717, 1.165) is 63.8 Å². The van der Waals surface area contributed by atoms with Crippen LogP contribution in [0.4, 0.5) is 0 Å². The highest BCUT2D eigenvalue weighted by Crippen LogP contribution is 2.14. The number of halogens is 1. The fourth-order valence-electron chi connectivity index (χ4n) is 2.28. The molecule has 1 fully saturated rings. The van der Waals surface area contributed by atoms with Gasteiger partial charge in [0.05, 0.1) is 6.10 Å². The molecule has 0 aromatic heterocycles. The van der Waals surface area contributed by atoms with Gasteiger partial charge in [-0.15, -0.1) is 24.0 Å². The molecule has 0 atom stereocenters. The van der Waals surface area contributed by atoms with Gasteiger partial charge < -0.3 is 19.7 Å². The molecule has 7 heteroatoms. The van der Waals surface area contributed by atoms with Gasteiger partial charge in [0.15, 0.2) is 5.96 Å². The normalized spacial score (nSPS) is 16.7. The minimum Gasteiger partial charge on any atom is -0.385 e. The number of hydrogen-bond donors (Lipinski definition) is 1. The van der Waals surface area contributed by atoms with E-state index in [-0.39, 0.29) is 24.0 Å². The summed E-state index contributed by atoms with van der Waals surface area (Å²) in [7, 11) is 3.59. The van der Waals surface area contributed by atoms with E-state index in [1.807, 2.05) is 18.8 Å². The number of ether oxygens (including phenoxy) is 2. The third-order valence-corrected chi connectivity index (χ3v) is 4.00. The first kappa shape index (κ1) is 21.3. The van der Waals surface area contributed by atoms with E-state index in [4.69, 9.17) is 9.47 Å². The van der Waals surface area contributed by atoms with Gasteiger partial charge in [0.25, 0.3) is 0 Å². The molecule has 21 heavy (non-hydrogen) atoms. The highest BCUT2D eigenvalue weighted by molar-refractivity contribution is 14.0. The SMILES string of the molecule is CN=C(NCCSC)N1CCC(OCCCOC)CC1.I. The van der Waals surface area contributed by atoms with Crippen LogP contribution in [0.5, 0.6) is 0 Å². The Morgan fingerprint density at radius 2 is 2.05 bits per heavy atom. The molecule has 1 saturated heterocycles. The minimum atomic E-state index is 0. The zero-order valence-electron chi connectivity index (χ0n) is 13.5. The van der Waals surface area contributed by atoms with E-state index in [9.17, 15) is 0 Å². The highest BCUT2D eigenvalue weighted by Gasteiger charge is 2.21. The van der Waals surface area contributed by atoms with Crippen LogP contribution in [0, 0.1) is 0 Å². The standard InChI is InChI=1S/C14H29N3O2S.HI/c1-15-14(16-7-12-20-3)17-8-5-13(6-9-17)19-11-4-10-18-2;/h13H,4-12H2,1-3H3,(H,15,16);1H. The third-order valence-electron chi connectivity index (χ3n) is 3.39. The molecule has 0 aliphatic carbocycles. The average Bonchev–Trinajstić information content (AvgIpc) is 2.49. The number of guanidine groups is 1. The van der Waals surface area contributed by atoms with Crippen LogP contribution in [-0.2, 0) is 9.47 Å². The van der Waals surface area contributed by atoms with E-state index >= 15 is 0 Å². The lowest BCUT2D eigenvalue weighted by molar-refractivity contribution is 0.00993. The number of rotatable bonds is 8. The van der Waals surface area contributed by atoms with Crippen LogP contribution in [0.2, 0.25) is 0 Å². The molecule has 1 heterocycles. The van der Waals surface area contributed by atoms with Crippen molar-refractivity contribution < 1.29 is 9.47 Å². The molecule has 126 valence electrons. The van der Waals surface area contributed by atoms with Gasteiger partial charge in [-0.3, -0.25) is 4.99 Å². The number of nitrogens with zero attached hydrogens (tertiary/aromatic N) is 2. The topological polar surface area (TPSA) is 46.1 Å².